The van der Waals surface area contributed by atoms with E-state index in [1.165, 1.54) is 0 Å². The van der Waals surface area contributed by atoms with Crippen molar-refractivity contribution in [2.45, 2.75) is 43.6 Å². The van der Waals surface area contributed by atoms with Gasteiger partial charge in [-0.1, -0.05) is 0 Å². The van der Waals surface area contributed by atoms with Crippen LogP contribution in [0.4, 0.5) is 13.2 Å². The smallest absolute Gasteiger partial charge is 0.249 e. The molecule has 0 heterocycles. The first-order valence-electron chi connectivity index (χ1n) is 4.20. The van der Waals surface area contributed by atoms with Crippen molar-refractivity contribution in [3.63, 3.8) is 0 Å². The molecule has 1 unspecified atom stereocenters. The molecule has 1 aliphatic carbocycles. The van der Waals surface area contributed by atoms with E-state index >= 15 is 0 Å². The Hall–Kier alpha value is -0.250. The third-order valence-corrected chi connectivity index (χ3v) is 2.42. The fraction of sp³-hybridized carbons (Fsp3) is 1.00. The number of nitrogens with two attached hydrogens (primary N) is 1. The van der Waals surface area contributed by atoms with E-state index in [0.717, 1.165) is 0 Å². The van der Waals surface area contributed by atoms with Crippen LogP contribution in [0.15, 0.2) is 0 Å². The molecule has 0 bridgehead atoms. The lowest BCUT2D eigenvalue weighted by Gasteiger charge is -2.37. The number of hydrogen-bond acceptors (Lipinski definition) is 1. The zero-order chi connectivity index (χ0) is 9.24. The Morgan fingerprint density at radius 2 is 1.92 bits per heavy atom. The van der Waals surface area contributed by atoms with Crippen molar-refractivity contribution < 1.29 is 13.2 Å². The van der Waals surface area contributed by atoms with E-state index < -0.39 is 18.1 Å². The molecule has 1 rings (SSSR count). The second-order valence-electron chi connectivity index (χ2n) is 3.69. The van der Waals surface area contributed by atoms with Gasteiger partial charge in [-0.05, 0) is 19.3 Å². The van der Waals surface area contributed by atoms with Crippen LogP contribution >= 0.6 is 0 Å². The molecule has 0 aromatic rings. The SMILES string of the molecule is NC1(CCF)CCCC(F)(F)C1. The van der Waals surface area contributed by atoms with Gasteiger partial charge >= 0.3 is 0 Å². The molecule has 0 amide bonds. The van der Waals surface area contributed by atoms with Crippen molar-refractivity contribution in [2.75, 3.05) is 6.67 Å². The maximum Gasteiger partial charge on any atom is 0.249 e. The minimum absolute atomic E-state index is 0.0581. The summed E-state index contributed by atoms with van der Waals surface area (Å²) in [5, 5.41) is 0. The Labute approximate surface area is 70.1 Å². The Bertz CT molecular complexity index is 156. The Kier molecular flexibility index (Phi) is 2.66. The fourth-order valence-corrected chi connectivity index (χ4v) is 1.79. The van der Waals surface area contributed by atoms with Gasteiger partial charge in [0.15, 0.2) is 0 Å². The molecule has 0 saturated heterocycles. The maximum absolute atomic E-state index is 12.8. The molecule has 0 spiro atoms. The summed E-state index contributed by atoms with van der Waals surface area (Å²) in [6, 6.07) is 0. The molecule has 72 valence electrons. The van der Waals surface area contributed by atoms with E-state index in [1.54, 1.807) is 0 Å². The zero-order valence-electron chi connectivity index (χ0n) is 6.95. The summed E-state index contributed by atoms with van der Waals surface area (Å²) in [6.07, 6.45) is 0.529. The fourth-order valence-electron chi connectivity index (χ4n) is 1.79. The number of rotatable bonds is 2. The van der Waals surface area contributed by atoms with Crippen molar-refractivity contribution in [3.05, 3.63) is 0 Å². The predicted molar refractivity (Wildman–Crippen MR) is 40.9 cm³/mol. The van der Waals surface area contributed by atoms with Crippen LogP contribution in [0.3, 0.4) is 0 Å². The van der Waals surface area contributed by atoms with Gasteiger partial charge in [0.2, 0.25) is 5.92 Å². The van der Waals surface area contributed by atoms with Crippen LogP contribution in [0.2, 0.25) is 0 Å². The summed E-state index contributed by atoms with van der Waals surface area (Å²) >= 11 is 0. The van der Waals surface area contributed by atoms with E-state index in [-0.39, 0.29) is 19.3 Å². The highest BCUT2D eigenvalue weighted by atomic mass is 19.3. The third kappa shape index (κ3) is 2.37. The number of halogens is 3. The molecule has 12 heavy (non-hydrogen) atoms. The van der Waals surface area contributed by atoms with Crippen LogP contribution in [0.5, 0.6) is 0 Å². The summed E-state index contributed by atoms with van der Waals surface area (Å²) < 4.78 is 37.6. The standard InChI is InChI=1S/C8H14F3N/c9-5-4-7(12)2-1-3-8(10,11)6-7/h1-6,12H2. The van der Waals surface area contributed by atoms with Gasteiger partial charge in [-0.2, -0.15) is 0 Å². The lowest BCUT2D eigenvalue weighted by atomic mass is 9.78. The molecule has 1 fully saturated rings. The molecule has 0 radical (unpaired) electrons. The Morgan fingerprint density at radius 3 is 2.42 bits per heavy atom. The average Bonchev–Trinajstić information content (AvgIpc) is 1.83. The third-order valence-electron chi connectivity index (χ3n) is 2.42. The first-order chi connectivity index (χ1) is 5.47. The highest BCUT2D eigenvalue weighted by Gasteiger charge is 2.43. The summed E-state index contributed by atoms with van der Waals surface area (Å²) in [4.78, 5) is 0. The lowest BCUT2D eigenvalue weighted by molar-refractivity contribution is -0.0613. The van der Waals surface area contributed by atoms with Crippen LogP contribution < -0.4 is 5.73 Å². The van der Waals surface area contributed by atoms with Gasteiger partial charge in [-0.25, -0.2) is 8.78 Å². The van der Waals surface area contributed by atoms with Gasteiger partial charge in [0, 0.05) is 18.4 Å². The lowest BCUT2D eigenvalue weighted by Crippen LogP contribution is -2.48. The molecule has 1 aliphatic rings. The molecular weight excluding hydrogens is 167 g/mol. The quantitative estimate of drug-likeness (QED) is 0.694. The molecule has 1 saturated carbocycles. The summed E-state index contributed by atoms with van der Waals surface area (Å²) in [6.45, 7) is -0.605. The summed E-state index contributed by atoms with van der Waals surface area (Å²) in [7, 11) is 0. The number of hydrogen-bond donors (Lipinski definition) is 1. The molecule has 4 heteroatoms. The largest absolute Gasteiger partial charge is 0.325 e. The highest BCUT2D eigenvalue weighted by molar-refractivity contribution is 4.93. The Morgan fingerprint density at radius 1 is 1.25 bits per heavy atom. The van der Waals surface area contributed by atoms with E-state index in [0.29, 0.717) is 12.8 Å². The van der Waals surface area contributed by atoms with Crippen LogP contribution in [0.1, 0.15) is 32.1 Å². The summed E-state index contributed by atoms with van der Waals surface area (Å²) in [5.41, 5.74) is 4.66. The van der Waals surface area contributed by atoms with Crippen molar-refractivity contribution >= 4 is 0 Å². The molecule has 0 aromatic heterocycles. The van der Waals surface area contributed by atoms with Crippen molar-refractivity contribution in [1.29, 1.82) is 0 Å². The van der Waals surface area contributed by atoms with E-state index in [4.69, 9.17) is 5.73 Å². The monoisotopic (exact) mass is 181 g/mol. The van der Waals surface area contributed by atoms with Crippen LogP contribution in [-0.2, 0) is 0 Å². The normalized spacial score (nSPS) is 35.0. The highest BCUT2D eigenvalue weighted by Crippen LogP contribution is 2.39. The van der Waals surface area contributed by atoms with Gasteiger partial charge in [0.1, 0.15) is 0 Å². The molecular formula is C8H14F3N. The van der Waals surface area contributed by atoms with Crippen LogP contribution in [0, 0.1) is 0 Å². The number of alkyl halides is 3. The maximum atomic E-state index is 12.8. The first-order valence-corrected chi connectivity index (χ1v) is 4.20. The zero-order valence-corrected chi connectivity index (χ0v) is 6.95. The molecule has 2 N–H and O–H groups in total. The molecule has 1 atom stereocenters. The van der Waals surface area contributed by atoms with Crippen molar-refractivity contribution in [3.8, 4) is 0 Å². The van der Waals surface area contributed by atoms with E-state index in [9.17, 15) is 13.2 Å². The Balaban J connectivity index is 2.55. The second kappa shape index (κ2) is 3.24. The van der Waals surface area contributed by atoms with Gasteiger partial charge < -0.3 is 5.73 Å². The second-order valence-corrected chi connectivity index (χ2v) is 3.69. The molecule has 0 aliphatic heterocycles. The minimum Gasteiger partial charge on any atom is -0.325 e. The van der Waals surface area contributed by atoms with Gasteiger partial charge in [0.05, 0.1) is 6.67 Å². The van der Waals surface area contributed by atoms with E-state index in [1.807, 2.05) is 0 Å². The summed E-state index contributed by atoms with van der Waals surface area (Å²) in [5.74, 6) is -2.68. The van der Waals surface area contributed by atoms with Crippen molar-refractivity contribution in [1.82, 2.24) is 0 Å². The molecule has 1 nitrogen and oxygen atoms in total. The molecule has 0 aromatic carbocycles. The van der Waals surface area contributed by atoms with Gasteiger partial charge in [0.25, 0.3) is 0 Å². The average molecular weight is 181 g/mol. The first kappa shape index (κ1) is 9.84. The van der Waals surface area contributed by atoms with Crippen molar-refractivity contribution in [2.24, 2.45) is 5.73 Å². The predicted octanol–water partition coefficient (Wildman–Crippen LogP) is 2.25. The van der Waals surface area contributed by atoms with Crippen LogP contribution in [-0.4, -0.2) is 18.1 Å². The van der Waals surface area contributed by atoms with Gasteiger partial charge in [-0.15, -0.1) is 0 Å². The van der Waals surface area contributed by atoms with Gasteiger partial charge in [-0.3, -0.25) is 4.39 Å². The van der Waals surface area contributed by atoms with E-state index in [2.05, 4.69) is 0 Å². The van der Waals surface area contributed by atoms with Crippen LogP contribution in [0.25, 0.3) is 0 Å². The minimum atomic E-state index is -2.68. The topological polar surface area (TPSA) is 26.0 Å².